The summed E-state index contributed by atoms with van der Waals surface area (Å²) in [6.45, 7) is 0. The summed E-state index contributed by atoms with van der Waals surface area (Å²) < 4.78 is 0. The van der Waals surface area contributed by atoms with Gasteiger partial charge in [-0.15, -0.1) is 0 Å². The van der Waals surface area contributed by atoms with Crippen LogP contribution in [0.2, 0.25) is 0 Å². The maximum Gasteiger partial charge on any atom is 0.163 e. The van der Waals surface area contributed by atoms with Gasteiger partial charge >= 0.3 is 0 Å². The van der Waals surface area contributed by atoms with Crippen LogP contribution in [0, 0.1) is 0 Å². The van der Waals surface area contributed by atoms with Crippen LogP contribution in [0.1, 0.15) is 0 Å². The van der Waals surface area contributed by atoms with E-state index in [1.165, 1.54) is 23.4 Å². The molecule has 0 radical (unpaired) electrons. The topological polar surface area (TPSA) is 38.7 Å². The molecular weight excluding hydrogens is 270 g/mol. The molecule has 4 aromatic rings. The van der Waals surface area contributed by atoms with Crippen LogP contribution in [0.4, 0.5) is 0 Å². The average Bonchev–Trinajstić information content (AvgIpc) is 2.62. The Kier molecular flexibility index (Phi) is 3.09. The van der Waals surface area contributed by atoms with Crippen LogP contribution < -0.4 is 0 Å². The first-order chi connectivity index (χ1) is 10.9. The molecule has 3 aromatic carbocycles. The molecule has 0 aliphatic heterocycles. The summed E-state index contributed by atoms with van der Waals surface area (Å²) in [6, 6.07) is 23.0. The minimum atomic E-state index is 0.693. The van der Waals surface area contributed by atoms with Crippen molar-refractivity contribution in [3.05, 3.63) is 79.4 Å². The first kappa shape index (κ1) is 12.7. The summed E-state index contributed by atoms with van der Waals surface area (Å²) in [4.78, 5) is 12.4. The lowest BCUT2D eigenvalue weighted by atomic mass is 9.97. The second kappa shape index (κ2) is 5.37. The highest BCUT2D eigenvalue weighted by atomic mass is 15.0. The van der Waals surface area contributed by atoms with E-state index in [2.05, 4.69) is 63.5 Å². The molecule has 0 saturated carbocycles. The summed E-state index contributed by atoms with van der Waals surface area (Å²) in [5.74, 6) is 0.693. The van der Waals surface area contributed by atoms with E-state index >= 15 is 0 Å². The van der Waals surface area contributed by atoms with Gasteiger partial charge in [-0.2, -0.15) is 0 Å². The molecule has 0 fully saturated rings. The molecule has 0 atom stereocenters. The predicted molar refractivity (Wildman–Crippen MR) is 88.2 cm³/mol. The van der Waals surface area contributed by atoms with E-state index in [1.807, 2.05) is 18.2 Å². The summed E-state index contributed by atoms with van der Waals surface area (Å²) >= 11 is 0. The largest absolute Gasteiger partial charge is 0.225 e. The Morgan fingerprint density at radius 3 is 2.09 bits per heavy atom. The summed E-state index contributed by atoms with van der Waals surface area (Å²) in [7, 11) is 0. The van der Waals surface area contributed by atoms with Crippen LogP contribution in [0.5, 0.6) is 0 Å². The third kappa shape index (κ3) is 2.23. The molecule has 3 nitrogen and oxygen atoms in total. The lowest BCUT2D eigenvalue weighted by Gasteiger charge is -2.09. The molecule has 0 N–H and O–H groups in total. The zero-order valence-electron chi connectivity index (χ0n) is 11.8. The third-order valence-corrected chi connectivity index (χ3v) is 3.72. The lowest BCUT2D eigenvalue weighted by molar-refractivity contribution is 1.06. The molecule has 104 valence electrons. The smallest absolute Gasteiger partial charge is 0.163 e. The number of fused-ring (bicyclic) bond motifs is 1. The van der Waals surface area contributed by atoms with Gasteiger partial charge in [-0.1, -0.05) is 60.7 Å². The maximum atomic E-state index is 4.28. The van der Waals surface area contributed by atoms with E-state index in [4.69, 9.17) is 0 Å². The first-order valence-corrected chi connectivity index (χ1v) is 7.12. The van der Waals surface area contributed by atoms with Crippen molar-refractivity contribution in [2.24, 2.45) is 0 Å². The van der Waals surface area contributed by atoms with Gasteiger partial charge in [-0.3, -0.25) is 0 Å². The molecule has 0 aliphatic carbocycles. The Hall–Kier alpha value is -3.07. The van der Waals surface area contributed by atoms with Gasteiger partial charge in [0, 0.05) is 5.56 Å². The van der Waals surface area contributed by atoms with Crippen molar-refractivity contribution in [1.29, 1.82) is 0 Å². The highest BCUT2D eigenvalue weighted by molar-refractivity contribution is 5.90. The molecule has 0 bridgehead atoms. The van der Waals surface area contributed by atoms with Crippen LogP contribution >= 0.6 is 0 Å². The molecule has 0 aliphatic rings. The van der Waals surface area contributed by atoms with Gasteiger partial charge < -0.3 is 0 Å². The molecular formula is C19H13N3. The fourth-order valence-corrected chi connectivity index (χ4v) is 2.66. The Bertz CT molecular complexity index is 933. The fraction of sp³-hybridized carbons (Fsp3) is 0. The van der Waals surface area contributed by atoms with Crippen molar-refractivity contribution in [2.45, 2.75) is 0 Å². The maximum absolute atomic E-state index is 4.28. The molecule has 0 spiro atoms. The van der Waals surface area contributed by atoms with E-state index in [-0.39, 0.29) is 0 Å². The highest BCUT2D eigenvalue weighted by Gasteiger charge is 2.09. The van der Waals surface area contributed by atoms with Gasteiger partial charge in [-0.05, 0) is 28.0 Å². The van der Waals surface area contributed by atoms with Crippen molar-refractivity contribution in [3.8, 4) is 22.5 Å². The van der Waals surface area contributed by atoms with Crippen molar-refractivity contribution in [3.63, 3.8) is 0 Å². The van der Waals surface area contributed by atoms with E-state index in [0.717, 1.165) is 16.7 Å². The first-order valence-electron chi connectivity index (χ1n) is 7.12. The molecule has 4 rings (SSSR count). The Morgan fingerprint density at radius 1 is 0.591 bits per heavy atom. The average molecular weight is 283 g/mol. The zero-order valence-corrected chi connectivity index (χ0v) is 11.8. The molecule has 1 aromatic heterocycles. The Balaban J connectivity index is 1.92. The van der Waals surface area contributed by atoms with Crippen LogP contribution in [0.3, 0.4) is 0 Å². The van der Waals surface area contributed by atoms with Crippen LogP contribution in [0.25, 0.3) is 33.3 Å². The van der Waals surface area contributed by atoms with E-state index in [9.17, 15) is 0 Å². The van der Waals surface area contributed by atoms with Gasteiger partial charge in [-0.25, -0.2) is 15.0 Å². The summed E-state index contributed by atoms with van der Waals surface area (Å²) in [5, 5.41) is 2.47. The molecule has 0 unspecified atom stereocenters. The minimum Gasteiger partial charge on any atom is -0.225 e. The van der Waals surface area contributed by atoms with Gasteiger partial charge in [0.05, 0.1) is 0 Å². The number of aromatic nitrogens is 3. The Morgan fingerprint density at radius 2 is 1.27 bits per heavy atom. The van der Waals surface area contributed by atoms with Gasteiger partial charge in [0.15, 0.2) is 5.82 Å². The predicted octanol–water partition coefficient (Wildman–Crippen LogP) is 4.36. The molecule has 3 heteroatoms. The fourth-order valence-electron chi connectivity index (χ4n) is 2.66. The van der Waals surface area contributed by atoms with Crippen molar-refractivity contribution in [2.75, 3.05) is 0 Å². The summed E-state index contributed by atoms with van der Waals surface area (Å²) in [5.41, 5.74) is 3.30. The third-order valence-electron chi connectivity index (χ3n) is 3.72. The minimum absolute atomic E-state index is 0.693. The quantitative estimate of drug-likeness (QED) is 0.548. The van der Waals surface area contributed by atoms with Gasteiger partial charge in [0.2, 0.25) is 0 Å². The van der Waals surface area contributed by atoms with Crippen LogP contribution in [0.15, 0.2) is 79.4 Å². The van der Waals surface area contributed by atoms with Gasteiger partial charge in [0.1, 0.15) is 12.7 Å². The second-order valence-electron chi connectivity index (χ2n) is 5.07. The molecule has 22 heavy (non-hydrogen) atoms. The second-order valence-corrected chi connectivity index (χ2v) is 5.07. The van der Waals surface area contributed by atoms with Crippen molar-refractivity contribution < 1.29 is 0 Å². The van der Waals surface area contributed by atoms with Gasteiger partial charge in [0.25, 0.3) is 0 Å². The number of rotatable bonds is 2. The van der Waals surface area contributed by atoms with Crippen LogP contribution in [-0.2, 0) is 0 Å². The normalized spacial score (nSPS) is 10.7. The summed E-state index contributed by atoms with van der Waals surface area (Å²) in [6.07, 6.45) is 3.05. The number of nitrogens with zero attached hydrogens (tertiary/aromatic N) is 3. The number of hydrogen-bond donors (Lipinski definition) is 0. The van der Waals surface area contributed by atoms with Crippen molar-refractivity contribution in [1.82, 2.24) is 15.0 Å². The molecule has 0 amide bonds. The molecule has 1 heterocycles. The monoisotopic (exact) mass is 283 g/mol. The SMILES string of the molecule is c1ccc(-c2ncncn2)c(-c2ccc3ccccc3c2)c1. The van der Waals surface area contributed by atoms with Crippen molar-refractivity contribution >= 4 is 10.8 Å². The van der Waals surface area contributed by atoms with E-state index < -0.39 is 0 Å². The highest BCUT2D eigenvalue weighted by Crippen LogP contribution is 2.31. The number of hydrogen-bond acceptors (Lipinski definition) is 3. The number of benzene rings is 3. The standard InChI is InChI=1S/C19H13N3/c1-2-6-15-11-16(10-9-14(15)5-1)17-7-3-4-8-18(17)19-21-12-20-13-22-19/h1-13H. The van der Waals surface area contributed by atoms with E-state index in [1.54, 1.807) is 0 Å². The lowest BCUT2D eigenvalue weighted by Crippen LogP contribution is -1.92. The van der Waals surface area contributed by atoms with E-state index in [0.29, 0.717) is 5.82 Å². The molecule has 0 saturated heterocycles. The Labute approximate surface area is 128 Å². The van der Waals surface area contributed by atoms with Crippen LogP contribution in [-0.4, -0.2) is 15.0 Å². The zero-order chi connectivity index (χ0) is 14.8.